The van der Waals surface area contributed by atoms with Crippen LogP contribution in [-0.4, -0.2) is 38.2 Å². The highest BCUT2D eigenvalue weighted by molar-refractivity contribution is 5.25. The highest BCUT2D eigenvalue weighted by Crippen LogP contribution is 2.43. The van der Waals surface area contributed by atoms with E-state index in [1.54, 1.807) is 0 Å². The molecule has 0 spiro atoms. The van der Waals surface area contributed by atoms with Gasteiger partial charge in [-0.1, -0.05) is 48.1 Å². The highest BCUT2D eigenvalue weighted by atomic mass is 15.4. The summed E-state index contributed by atoms with van der Waals surface area (Å²) in [6.07, 6.45) is 3.27. The van der Waals surface area contributed by atoms with E-state index in [1.807, 2.05) is 19.1 Å². The van der Waals surface area contributed by atoms with Crippen LogP contribution in [0.25, 0.3) is 0 Å². The second kappa shape index (κ2) is 9.59. The number of allylic oxidation sites excluding steroid dienone is 1. The zero-order chi connectivity index (χ0) is 19.1. The second-order valence-corrected chi connectivity index (χ2v) is 8.77. The molecule has 0 fully saturated rings. The predicted octanol–water partition coefficient (Wildman–Crippen LogP) is 3.53. The maximum atomic E-state index is 6.29. The van der Waals surface area contributed by atoms with Crippen molar-refractivity contribution in [3.8, 4) is 0 Å². The first kappa shape index (κ1) is 23.2. The Kier molecular flexibility index (Phi) is 9.26. The number of hydrogen-bond acceptors (Lipinski definition) is 4. The molecule has 0 saturated heterocycles. The Bertz CT molecular complexity index is 421. The van der Waals surface area contributed by atoms with Gasteiger partial charge in [0.15, 0.2) is 0 Å². The molecular formula is C20H42N4. The third kappa shape index (κ3) is 7.82. The van der Waals surface area contributed by atoms with Gasteiger partial charge in [-0.25, -0.2) is 5.01 Å². The smallest absolute Gasteiger partial charge is 0.0348 e. The second-order valence-electron chi connectivity index (χ2n) is 8.77. The van der Waals surface area contributed by atoms with Crippen LogP contribution in [0.5, 0.6) is 0 Å². The minimum Gasteiger partial charge on any atom is -0.389 e. The summed E-state index contributed by atoms with van der Waals surface area (Å²) in [5.41, 5.74) is 2.56. The molecule has 0 heterocycles. The molecule has 0 radical (unpaired) electrons. The van der Waals surface area contributed by atoms with Crippen LogP contribution in [0.2, 0.25) is 0 Å². The van der Waals surface area contributed by atoms with E-state index in [4.69, 9.17) is 5.84 Å². The van der Waals surface area contributed by atoms with E-state index in [2.05, 4.69) is 71.8 Å². The van der Waals surface area contributed by atoms with Gasteiger partial charge in [-0.3, -0.25) is 5.84 Å². The van der Waals surface area contributed by atoms with Crippen molar-refractivity contribution < 1.29 is 0 Å². The summed E-state index contributed by atoms with van der Waals surface area (Å²) in [6, 6.07) is 0.360. The molecule has 0 aliphatic rings. The molecule has 0 bridgehead atoms. The Labute approximate surface area is 150 Å². The first-order chi connectivity index (χ1) is 10.9. The molecule has 0 aliphatic carbocycles. The standard InChI is InChI=1S/C20H42N4/c1-15(2)19(5,6)14-20(7,8)18(11-16(3)22-9)13-24(21)12-17(4)23-10/h11,15,17,22-23H,3,12-14,21H2,1-2,4-10H3/b18-11+. The van der Waals surface area contributed by atoms with Crippen molar-refractivity contribution in [1.82, 2.24) is 15.6 Å². The Morgan fingerprint density at radius 3 is 2.12 bits per heavy atom. The molecule has 1 atom stereocenters. The molecule has 0 aromatic carbocycles. The largest absolute Gasteiger partial charge is 0.389 e. The molecule has 0 rings (SSSR count). The summed E-state index contributed by atoms with van der Waals surface area (Å²) < 4.78 is 0. The zero-order valence-electron chi connectivity index (χ0n) is 17.6. The van der Waals surface area contributed by atoms with Gasteiger partial charge in [-0.15, -0.1) is 0 Å². The molecule has 0 saturated carbocycles. The van der Waals surface area contributed by atoms with Gasteiger partial charge in [0.1, 0.15) is 0 Å². The van der Waals surface area contributed by atoms with Gasteiger partial charge in [-0.2, -0.15) is 0 Å². The first-order valence-corrected chi connectivity index (χ1v) is 9.10. The average molecular weight is 339 g/mol. The average Bonchev–Trinajstić information content (AvgIpc) is 2.44. The quantitative estimate of drug-likeness (QED) is 0.306. The molecule has 4 N–H and O–H groups in total. The summed E-state index contributed by atoms with van der Waals surface area (Å²) in [5.74, 6) is 6.92. The third-order valence-corrected chi connectivity index (χ3v) is 5.37. The summed E-state index contributed by atoms with van der Waals surface area (Å²) in [7, 11) is 3.87. The number of nitrogens with zero attached hydrogens (tertiary/aromatic N) is 1. The van der Waals surface area contributed by atoms with Crippen molar-refractivity contribution in [1.29, 1.82) is 0 Å². The Morgan fingerprint density at radius 2 is 1.71 bits per heavy atom. The van der Waals surface area contributed by atoms with Crippen LogP contribution in [0.15, 0.2) is 23.9 Å². The molecule has 4 heteroatoms. The van der Waals surface area contributed by atoms with Crippen LogP contribution in [-0.2, 0) is 0 Å². The monoisotopic (exact) mass is 338 g/mol. The lowest BCUT2D eigenvalue weighted by molar-refractivity contribution is 0.151. The number of hydrazine groups is 1. The molecule has 142 valence electrons. The topological polar surface area (TPSA) is 53.3 Å². The molecule has 1 unspecified atom stereocenters. The van der Waals surface area contributed by atoms with E-state index in [1.165, 1.54) is 5.57 Å². The van der Waals surface area contributed by atoms with E-state index < -0.39 is 0 Å². The molecule has 0 aliphatic heterocycles. The normalized spacial score (nSPS) is 15.1. The van der Waals surface area contributed by atoms with Crippen LogP contribution in [0.1, 0.15) is 54.9 Å². The van der Waals surface area contributed by atoms with Crippen LogP contribution in [0.3, 0.4) is 0 Å². The summed E-state index contributed by atoms with van der Waals surface area (Å²) in [5, 5.41) is 8.28. The van der Waals surface area contributed by atoms with Crippen molar-refractivity contribution in [3.05, 3.63) is 23.9 Å². The van der Waals surface area contributed by atoms with Gasteiger partial charge < -0.3 is 10.6 Å². The lowest BCUT2D eigenvalue weighted by Gasteiger charge is -2.40. The minimum absolute atomic E-state index is 0.0497. The van der Waals surface area contributed by atoms with Crippen LogP contribution in [0, 0.1) is 16.7 Å². The lowest BCUT2D eigenvalue weighted by atomic mass is 9.66. The third-order valence-electron chi connectivity index (χ3n) is 5.37. The van der Waals surface area contributed by atoms with Gasteiger partial charge in [0.2, 0.25) is 0 Å². The molecule has 0 aromatic heterocycles. The fourth-order valence-electron chi connectivity index (χ4n) is 2.92. The van der Waals surface area contributed by atoms with Crippen LogP contribution >= 0.6 is 0 Å². The summed E-state index contributed by atoms with van der Waals surface area (Å²) in [4.78, 5) is 0. The highest BCUT2D eigenvalue weighted by Gasteiger charge is 2.34. The molecule has 24 heavy (non-hydrogen) atoms. The van der Waals surface area contributed by atoms with Gasteiger partial charge in [0, 0.05) is 31.9 Å². The molecule has 4 nitrogen and oxygen atoms in total. The lowest BCUT2D eigenvalue weighted by Crippen LogP contribution is -2.44. The van der Waals surface area contributed by atoms with Gasteiger partial charge in [0.25, 0.3) is 0 Å². The Morgan fingerprint density at radius 1 is 1.17 bits per heavy atom. The van der Waals surface area contributed by atoms with E-state index in [9.17, 15) is 0 Å². The van der Waals surface area contributed by atoms with E-state index in [-0.39, 0.29) is 10.8 Å². The number of nitrogens with two attached hydrogens (primary N) is 1. The van der Waals surface area contributed by atoms with E-state index in [0.717, 1.165) is 25.2 Å². The van der Waals surface area contributed by atoms with Crippen molar-refractivity contribution >= 4 is 0 Å². The SMILES string of the molecule is C=C(/C=C(\CN(N)CC(C)NC)C(C)(C)CC(C)(C)C(C)C)NC. The first-order valence-electron chi connectivity index (χ1n) is 9.10. The fraction of sp³-hybridized carbons (Fsp3) is 0.800. The minimum atomic E-state index is 0.0497. The van der Waals surface area contributed by atoms with E-state index in [0.29, 0.717) is 12.0 Å². The number of rotatable bonds is 11. The molecule has 0 amide bonds. The molecule has 0 aromatic rings. The van der Waals surface area contributed by atoms with Crippen LogP contribution in [0.4, 0.5) is 0 Å². The zero-order valence-corrected chi connectivity index (χ0v) is 17.6. The van der Waals surface area contributed by atoms with Gasteiger partial charge in [0.05, 0.1) is 0 Å². The maximum absolute atomic E-state index is 6.29. The summed E-state index contributed by atoms with van der Waals surface area (Å²) in [6.45, 7) is 21.7. The Hall–Kier alpha value is -0.840. The van der Waals surface area contributed by atoms with E-state index >= 15 is 0 Å². The number of likely N-dealkylation sites (N-methyl/N-ethyl adjacent to an activating group) is 2. The number of nitrogens with one attached hydrogen (secondary N) is 2. The van der Waals surface area contributed by atoms with Gasteiger partial charge >= 0.3 is 0 Å². The Balaban J connectivity index is 5.40. The molecular weight excluding hydrogens is 296 g/mol. The van der Waals surface area contributed by atoms with Gasteiger partial charge in [-0.05, 0) is 48.8 Å². The maximum Gasteiger partial charge on any atom is 0.0348 e. The summed E-state index contributed by atoms with van der Waals surface area (Å²) >= 11 is 0. The van der Waals surface area contributed by atoms with Crippen LogP contribution < -0.4 is 16.5 Å². The van der Waals surface area contributed by atoms with Crippen molar-refractivity contribution in [3.63, 3.8) is 0 Å². The van der Waals surface area contributed by atoms with Crippen molar-refractivity contribution in [2.75, 3.05) is 27.2 Å². The predicted molar refractivity (Wildman–Crippen MR) is 108 cm³/mol. The number of hydrogen-bond donors (Lipinski definition) is 3. The van der Waals surface area contributed by atoms with Crippen molar-refractivity contribution in [2.45, 2.75) is 60.9 Å². The fourth-order valence-corrected chi connectivity index (χ4v) is 2.92. The van der Waals surface area contributed by atoms with Crippen molar-refractivity contribution in [2.24, 2.45) is 22.6 Å².